The maximum Gasteiger partial charge on any atom is 0.208 e. The van der Waals surface area contributed by atoms with Crippen molar-refractivity contribution in [2.45, 2.75) is 6.42 Å². The van der Waals surface area contributed by atoms with Crippen LogP contribution in [-0.4, -0.2) is 64.1 Å². The Hall–Kier alpha value is 0.0800. The maximum absolute atomic E-state index is 10.8. The zero-order valence-electron chi connectivity index (χ0n) is 9.36. The van der Waals surface area contributed by atoms with Gasteiger partial charge < -0.3 is 5.11 Å². The number of sulfonamides is 1. The second-order valence-electron chi connectivity index (χ2n) is 3.40. The van der Waals surface area contributed by atoms with Gasteiger partial charge in [0.25, 0.3) is 0 Å². The fourth-order valence-corrected chi connectivity index (χ4v) is 1.78. The van der Waals surface area contributed by atoms with Crippen LogP contribution in [-0.2, 0) is 14.3 Å². The Labute approximate surface area is 102 Å². The molecule has 0 aromatic rings. The van der Waals surface area contributed by atoms with E-state index in [1.165, 1.54) is 0 Å². The molecule has 0 saturated carbocycles. The van der Waals surface area contributed by atoms with Crippen molar-refractivity contribution in [2.75, 3.05) is 45.6 Å². The third-order valence-corrected chi connectivity index (χ3v) is 2.80. The second kappa shape index (κ2) is 9.15. The van der Waals surface area contributed by atoms with Crippen LogP contribution in [0.5, 0.6) is 0 Å². The van der Waals surface area contributed by atoms with Gasteiger partial charge in [-0.05, 0) is 13.0 Å². The van der Waals surface area contributed by atoms with Gasteiger partial charge in [0.15, 0.2) is 0 Å². The highest BCUT2D eigenvalue weighted by molar-refractivity contribution is 7.88. The Morgan fingerprint density at radius 2 is 2.06 bits per heavy atom. The summed E-state index contributed by atoms with van der Waals surface area (Å²) in [5, 5.41) is 8.79. The molecule has 0 heterocycles. The first kappa shape index (κ1) is 16.1. The molecule has 0 aliphatic carbocycles. The molecular formula is C8H19ClN2O4S. The lowest BCUT2D eigenvalue weighted by atomic mass is 10.3. The first-order chi connectivity index (χ1) is 7.49. The number of nitrogens with zero attached hydrogens (tertiary/aromatic N) is 1. The standard InChI is InChI=1S/C8H19ClN2O4S/c1-16(13,14)10-3-2-4-11(5-7-12)6-8-15-9/h10,12H,2-8H2,1H3. The van der Waals surface area contributed by atoms with Gasteiger partial charge in [-0.3, -0.25) is 9.19 Å². The summed E-state index contributed by atoms with van der Waals surface area (Å²) in [4.78, 5) is 1.95. The minimum absolute atomic E-state index is 0.0573. The van der Waals surface area contributed by atoms with Crippen LogP contribution in [0, 0.1) is 0 Å². The van der Waals surface area contributed by atoms with Crippen molar-refractivity contribution in [3.05, 3.63) is 0 Å². The number of aliphatic hydroxyl groups is 1. The van der Waals surface area contributed by atoms with Crippen LogP contribution in [0.4, 0.5) is 0 Å². The van der Waals surface area contributed by atoms with E-state index >= 15 is 0 Å². The maximum atomic E-state index is 10.8. The molecule has 0 spiro atoms. The van der Waals surface area contributed by atoms with E-state index in [4.69, 9.17) is 17.0 Å². The Balaban J connectivity index is 3.66. The normalized spacial score (nSPS) is 12.2. The van der Waals surface area contributed by atoms with E-state index in [-0.39, 0.29) is 6.61 Å². The Kier molecular flexibility index (Phi) is 9.19. The third-order valence-electron chi connectivity index (χ3n) is 1.92. The van der Waals surface area contributed by atoms with Crippen molar-refractivity contribution in [3.63, 3.8) is 0 Å². The topological polar surface area (TPSA) is 78.9 Å². The minimum atomic E-state index is -3.11. The summed E-state index contributed by atoms with van der Waals surface area (Å²) >= 11 is 5.09. The molecule has 6 nitrogen and oxygen atoms in total. The van der Waals surface area contributed by atoms with Crippen LogP contribution in [0.25, 0.3) is 0 Å². The zero-order valence-corrected chi connectivity index (χ0v) is 10.9. The van der Waals surface area contributed by atoms with Gasteiger partial charge in [-0.25, -0.2) is 13.1 Å². The molecule has 0 rings (SSSR count). The predicted molar refractivity (Wildman–Crippen MR) is 62.8 cm³/mol. The highest BCUT2D eigenvalue weighted by Crippen LogP contribution is 1.92. The van der Waals surface area contributed by atoms with E-state index in [2.05, 4.69) is 9.01 Å². The van der Waals surface area contributed by atoms with Gasteiger partial charge in [-0.1, -0.05) is 0 Å². The Morgan fingerprint density at radius 3 is 2.56 bits per heavy atom. The van der Waals surface area contributed by atoms with E-state index in [1.807, 2.05) is 4.90 Å². The highest BCUT2D eigenvalue weighted by Gasteiger charge is 2.05. The molecule has 0 saturated heterocycles. The summed E-state index contributed by atoms with van der Waals surface area (Å²) in [5.41, 5.74) is 0. The largest absolute Gasteiger partial charge is 0.395 e. The molecule has 2 N–H and O–H groups in total. The lowest BCUT2D eigenvalue weighted by Gasteiger charge is -2.20. The van der Waals surface area contributed by atoms with Crippen molar-refractivity contribution in [2.24, 2.45) is 0 Å². The summed E-state index contributed by atoms with van der Waals surface area (Å²) in [5.74, 6) is 0. The average Bonchev–Trinajstić information content (AvgIpc) is 2.19. The molecule has 0 aromatic carbocycles. The van der Waals surface area contributed by atoms with Crippen LogP contribution in [0.2, 0.25) is 0 Å². The molecule has 0 atom stereocenters. The van der Waals surface area contributed by atoms with Crippen LogP contribution in [0.3, 0.4) is 0 Å². The number of hydrogen-bond donors (Lipinski definition) is 2. The van der Waals surface area contributed by atoms with Gasteiger partial charge in [0.05, 0.1) is 31.3 Å². The number of aliphatic hydroxyl groups excluding tert-OH is 1. The minimum Gasteiger partial charge on any atom is -0.395 e. The van der Waals surface area contributed by atoms with Gasteiger partial charge >= 0.3 is 0 Å². The summed E-state index contributed by atoms with van der Waals surface area (Å²) in [6, 6.07) is 0. The number of nitrogens with one attached hydrogen (secondary N) is 1. The number of hydrogen-bond acceptors (Lipinski definition) is 5. The zero-order chi connectivity index (χ0) is 12.4. The predicted octanol–water partition coefficient (Wildman–Crippen LogP) is -0.610. The lowest BCUT2D eigenvalue weighted by molar-refractivity contribution is 0.171. The van der Waals surface area contributed by atoms with Crippen molar-refractivity contribution in [1.29, 1.82) is 0 Å². The summed E-state index contributed by atoms with van der Waals surface area (Å²) in [6.07, 6.45) is 1.80. The molecule has 0 aliphatic rings. The van der Waals surface area contributed by atoms with E-state index in [0.29, 0.717) is 39.2 Å². The highest BCUT2D eigenvalue weighted by atomic mass is 35.5. The van der Waals surface area contributed by atoms with Gasteiger partial charge in [-0.15, -0.1) is 0 Å². The number of halogens is 1. The second-order valence-corrected chi connectivity index (χ2v) is 5.45. The Bertz CT molecular complexity index is 261. The fraction of sp³-hybridized carbons (Fsp3) is 1.00. The molecule has 98 valence electrons. The fourth-order valence-electron chi connectivity index (χ4n) is 1.20. The van der Waals surface area contributed by atoms with Gasteiger partial charge in [-0.2, -0.15) is 0 Å². The van der Waals surface area contributed by atoms with Gasteiger partial charge in [0.1, 0.15) is 0 Å². The molecule has 0 aliphatic heterocycles. The molecule has 8 heteroatoms. The van der Waals surface area contributed by atoms with E-state index in [0.717, 1.165) is 6.26 Å². The molecule has 0 fully saturated rings. The summed E-state index contributed by atoms with van der Waals surface area (Å²) in [6.45, 7) is 2.65. The van der Waals surface area contributed by atoms with Gasteiger partial charge in [0, 0.05) is 19.6 Å². The van der Waals surface area contributed by atoms with E-state index in [9.17, 15) is 8.42 Å². The van der Waals surface area contributed by atoms with Gasteiger partial charge in [0.2, 0.25) is 10.0 Å². The monoisotopic (exact) mass is 274 g/mol. The van der Waals surface area contributed by atoms with Crippen LogP contribution in [0.1, 0.15) is 6.42 Å². The van der Waals surface area contributed by atoms with Crippen molar-refractivity contribution >= 4 is 21.9 Å². The summed E-state index contributed by atoms with van der Waals surface area (Å²) in [7, 11) is -3.11. The molecule has 0 aromatic heterocycles. The van der Waals surface area contributed by atoms with Crippen LogP contribution < -0.4 is 4.72 Å². The average molecular weight is 275 g/mol. The first-order valence-corrected chi connectivity index (χ1v) is 7.21. The molecular weight excluding hydrogens is 256 g/mol. The number of rotatable bonds is 10. The molecule has 0 unspecified atom stereocenters. The SMILES string of the molecule is CS(=O)(=O)NCCCN(CCO)CCOCl. The van der Waals surface area contributed by atoms with E-state index < -0.39 is 10.0 Å². The molecule has 0 radical (unpaired) electrons. The molecule has 16 heavy (non-hydrogen) atoms. The molecule has 0 bridgehead atoms. The smallest absolute Gasteiger partial charge is 0.208 e. The third kappa shape index (κ3) is 10.6. The quantitative estimate of drug-likeness (QED) is 0.520. The van der Waals surface area contributed by atoms with Crippen molar-refractivity contribution < 1.29 is 17.8 Å². The van der Waals surface area contributed by atoms with Crippen LogP contribution in [0.15, 0.2) is 0 Å². The summed E-state index contributed by atoms with van der Waals surface area (Å²) < 4.78 is 28.4. The van der Waals surface area contributed by atoms with Crippen molar-refractivity contribution in [1.82, 2.24) is 9.62 Å². The lowest BCUT2D eigenvalue weighted by Crippen LogP contribution is -2.33. The first-order valence-electron chi connectivity index (χ1n) is 5.01. The van der Waals surface area contributed by atoms with E-state index in [1.54, 1.807) is 0 Å². The van der Waals surface area contributed by atoms with Crippen molar-refractivity contribution in [3.8, 4) is 0 Å². The molecule has 0 amide bonds. The van der Waals surface area contributed by atoms with Crippen LogP contribution >= 0.6 is 11.9 Å². The Morgan fingerprint density at radius 1 is 1.38 bits per heavy atom.